The predicted molar refractivity (Wildman–Crippen MR) is 135 cm³/mol. The van der Waals surface area contributed by atoms with Crippen molar-refractivity contribution < 1.29 is 23.4 Å². The minimum Gasteiger partial charge on any atom is -0.444 e. The van der Waals surface area contributed by atoms with Gasteiger partial charge in [0.2, 0.25) is 6.41 Å². The summed E-state index contributed by atoms with van der Waals surface area (Å²) in [4.78, 5) is 26.0. The minimum absolute atomic E-state index is 0.116. The summed E-state index contributed by atoms with van der Waals surface area (Å²) in [7, 11) is -2.01. The molecule has 0 radical (unpaired) electrons. The van der Waals surface area contributed by atoms with Crippen molar-refractivity contribution >= 4 is 20.5 Å². The average Bonchev–Trinajstić information content (AvgIpc) is 2.78. The Labute approximate surface area is 205 Å². The van der Waals surface area contributed by atoms with Crippen molar-refractivity contribution in [1.29, 1.82) is 0 Å². The highest BCUT2D eigenvalue weighted by atomic mass is 31.1. The van der Waals surface area contributed by atoms with E-state index in [1.165, 1.54) is 6.42 Å². The van der Waals surface area contributed by atoms with Gasteiger partial charge in [-0.3, -0.25) is 4.79 Å². The van der Waals surface area contributed by atoms with Gasteiger partial charge in [-0.25, -0.2) is 4.79 Å². The number of hydrogen-bond donors (Lipinski definition) is 1. The molecule has 0 heterocycles. The van der Waals surface area contributed by atoms with E-state index >= 15 is 0 Å². The molecule has 34 heavy (non-hydrogen) atoms. The topological polar surface area (TPSA) is 84.9 Å². The van der Waals surface area contributed by atoms with Crippen molar-refractivity contribution in [3.63, 3.8) is 0 Å². The second-order valence-electron chi connectivity index (χ2n) is 10.5. The van der Waals surface area contributed by atoms with Crippen LogP contribution < -0.4 is 5.32 Å². The van der Waals surface area contributed by atoms with Gasteiger partial charge in [0, 0.05) is 6.54 Å². The van der Waals surface area contributed by atoms with Gasteiger partial charge < -0.3 is 15.0 Å². The molecule has 190 valence electrons. The summed E-state index contributed by atoms with van der Waals surface area (Å²) in [6, 6.07) is 9.30. The minimum atomic E-state index is -2.01. The molecule has 8 heteroatoms. The maximum Gasteiger partial charge on any atom is 0.510 e. The Balaban J connectivity index is 1.99. The molecule has 2 rings (SSSR count). The van der Waals surface area contributed by atoms with Crippen LogP contribution in [0.15, 0.2) is 30.3 Å². The molecule has 1 fully saturated rings. The highest BCUT2D eigenvalue weighted by molar-refractivity contribution is 7.39. The van der Waals surface area contributed by atoms with Gasteiger partial charge in [0.05, 0.1) is 12.1 Å². The highest BCUT2D eigenvalue weighted by Crippen LogP contribution is 2.32. The van der Waals surface area contributed by atoms with Crippen LogP contribution in [0.5, 0.6) is 0 Å². The third-order valence-corrected chi connectivity index (χ3v) is 7.30. The third-order valence-electron chi connectivity index (χ3n) is 6.19. The zero-order valence-electron chi connectivity index (χ0n) is 21.4. The number of alkyl carbamates (subject to hydrolysis) is 1. The second kappa shape index (κ2) is 13.8. The number of benzene rings is 1. The van der Waals surface area contributed by atoms with Gasteiger partial charge in [-0.05, 0) is 55.6 Å². The Bertz CT molecular complexity index is 775. The molecule has 0 spiro atoms. The van der Waals surface area contributed by atoms with Gasteiger partial charge in [0.25, 0.3) is 0 Å². The van der Waals surface area contributed by atoms with E-state index in [-0.39, 0.29) is 36.7 Å². The molecule has 0 saturated heterocycles. The van der Waals surface area contributed by atoms with E-state index in [0.29, 0.717) is 6.54 Å². The van der Waals surface area contributed by atoms with Crippen LogP contribution >= 0.6 is 8.03 Å². The molecule has 1 aromatic carbocycles. The predicted octanol–water partition coefficient (Wildman–Crippen LogP) is 5.90. The normalized spacial score (nSPS) is 17.1. The van der Waals surface area contributed by atoms with Crippen molar-refractivity contribution in [2.24, 2.45) is 11.8 Å². The molecule has 1 N–H and O–H groups in total. The summed E-state index contributed by atoms with van der Waals surface area (Å²) >= 11 is 0. The summed E-state index contributed by atoms with van der Waals surface area (Å²) in [6.45, 7) is 10.2. The van der Waals surface area contributed by atoms with Crippen LogP contribution in [0.25, 0.3) is 0 Å². The van der Waals surface area contributed by atoms with Gasteiger partial charge in [0.15, 0.2) is 6.16 Å². The molecule has 0 bridgehead atoms. The molecule has 1 aliphatic rings. The lowest BCUT2D eigenvalue weighted by Gasteiger charge is -2.31. The van der Waals surface area contributed by atoms with Crippen molar-refractivity contribution in [2.45, 2.75) is 91.0 Å². The molecule has 1 aromatic rings. The molecule has 2 amide bonds. The molecular weight excluding hydrogens is 451 g/mol. The number of carbonyl (C=O) groups is 2. The summed E-state index contributed by atoms with van der Waals surface area (Å²) in [6.07, 6.45) is 6.05. The van der Waals surface area contributed by atoms with E-state index in [9.17, 15) is 14.2 Å². The second-order valence-corrected chi connectivity index (χ2v) is 11.8. The molecule has 3 unspecified atom stereocenters. The van der Waals surface area contributed by atoms with Crippen molar-refractivity contribution in [2.75, 3.05) is 12.8 Å². The van der Waals surface area contributed by atoms with Crippen LogP contribution in [-0.2, 0) is 25.2 Å². The largest absolute Gasteiger partial charge is 0.510 e. The first-order valence-electron chi connectivity index (χ1n) is 12.4. The van der Waals surface area contributed by atoms with E-state index < -0.39 is 19.7 Å². The first-order valence-corrected chi connectivity index (χ1v) is 13.8. The van der Waals surface area contributed by atoms with E-state index in [2.05, 4.69) is 5.32 Å². The lowest BCUT2D eigenvalue weighted by molar-refractivity contribution is -0.121. The van der Waals surface area contributed by atoms with Crippen LogP contribution in [-0.4, -0.2) is 47.9 Å². The fraction of sp³-hybridized carbons (Fsp3) is 0.692. The van der Waals surface area contributed by atoms with Gasteiger partial charge in [0.1, 0.15) is 12.2 Å². The lowest BCUT2D eigenvalue weighted by Crippen LogP contribution is -2.46. The molecular formula is C26H42N2O5P+. The van der Waals surface area contributed by atoms with Gasteiger partial charge >= 0.3 is 14.1 Å². The fourth-order valence-electron chi connectivity index (χ4n) is 4.39. The highest BCUT2D eigenvalue weighted by Gasteiger charge is 2.35. The smallest absolute Gasteiger partial charge is 0.444 e. The Morgan fingerprint density at radius 3 is 2.38 bits per heavy atom. The Kier molecular flexibility index (Phi) is 11.5. The molecule has 7 nitrogen and oxygen atoms in total. The zero-order chi connectivity index (χ0) is 25.1. The van der Waals surface area contributed by atoms with Crippen molar-refractivity contribution in [3.05, 3.63) is 35.9 Å². The number of carbonyl (C=O) groups excluding carboxylic acids is 2. The fourth-order valence-corrected chi connectivity index (χ4v) is 5.75. The molecule has 3 atom stereocenters. The molecule has 0 aliphatic heterocycles. The maximum atomic E-state index is 13.0. The van der Waals surface area contributed by atoms with Crippen LogP contribution in [0.1, 0.15) is 72.3 Å². The SMILES string of the molecule is CC(C)C(C[P+](=O)OCC(NC(=O)OC(C)(C)C)C1CCCCC1)N(C=O)Cc1ccccc1. The third kappa shape index (κ3) is 10.1. The number of rotatable bonds is 12. The van der Waals surface area contributed by atoms with Crippen LogP contribution in [0.4, 0.5) is 4.79 Å². The first-order chi connectivity index (χ1) is 16.1. The summed E-state index contributed by atoms with van der Waals surface area (Å²) in [5, 5.41) is 2.96. The van der Waals surface area contributed by atoms with E-state index in [1.54, 1.807) is 4.90 Å². The Morgan fingerprint density at radius 1 is 1.18 bits per heavy atom. The Hall–Kier alpha value is -1.98. The number of nitrogens with one attached hydrogen (secondary N) is 1. The van der Waals surface area contributed by atoms with Crippen LogP contribution in [0.2, 0.25) is 0 Å². The quantitative estimate of drug-likeness (QED) is 0.289. The van der Waals surface area contributed by atoms with Crippen molar-refractivity contribution in [3.8, 4) is 0 Å². The van der Waals surface area contributed by atoms with Gasteiger partial charge in [-0.2, -0.15) is 0 Å². The Morgan fingerprint density at radius 2 is 1.82 bits per heavy atom. The average molecular weight is 494 g/mol. The van der Waals surface area contributed by atoms with Crippen molar-refractivity contribution in [1.82, 2.24) is 10.2 Å². The number of nitrogens with zero attached hydrogens (tertiary/aromatic N) is 1. The van der Waals surface area contributed by atoms with E-state index in [0.717, 1.165) is 37.7 Å². The van der Waals surface area contributed by atoms with Crippen LogP contribution in [0, 0.1) is 11.8 Å². The van der Waals surface area contributed by atoms with Gasteiger partial charge in [-0.15, -0.1) is 4.52 Å². The lowest BCUT2D eigenvalue weighted by atomic mass is 9.84. The number of amides is 2. The standard InChI is InChI=1S/C26H41N2O5P/c1-20(2)24(28(19-29)16-21-12-8-6-9-13-21)18-34(31)32-17-23(22-14-10-7-11-15-22)27-25(30)33-26(3,4)5/h6,8-9,12-13,19-20,22-24H,7,10-11,14-18H2,1-5H3/p+1. The molecule has 1 aliphatic carbocycles. The maximum absolute atomic E-state index is 13.0. The summed E-state index contributed by atoms with van der Waals surface area (Å²) < 4.78 is 24.2. The summed E-state index contributed by atoms with van der Waals surface area (Å²) in [5.41, 5.74) is 0.435. The van der Waals surface area contributed by atoms with Gasteiger partial charge in [-0.1, -0.05) is 63.4 Å². The summed E-state index contributed by atoms with van der Waals surface area (Å²) in [5.74, 6) is 0.389. The molecule has 0 aromatic heterocycles. The van der Waals surface area contributed by atoms with E-state index in [4.69, 9.17) is 9.26 Å². The monoisotopic (exact) mass is 493 g/mol. The number of hydrogen-bond acceptors (Lipinski definition) is 5. The van der Waals surface area contributed by atoms with E-state index in [1.807, 2.05) is 65.0 Å². The first kappa shape index (κ1) is 28.3. The zero-order valence-corrected chi connectivity index (χ0v) is 22.3. The molecule has 1 saturated carbocycles. The van der Waals surface area contributed by atoms with Crippen LogP contribution in [0.3, 0.4) is 0 Å². The number of ether oxygens (including phenoxy) is 1.